The molecule has 0 bridgehead atoms. The number of aliphatic hydroxyl groups is 1. The van der Waals surface area contributed by atoms with Crippen molar-refractivity contribution in [2.45, 2.75) is 25.9 Å². The average Bonchev–Trinajstić information content (AvgIpc) is 2.30. The first kappa shape index (κ1) is 14.3. The Morgan fingerprint density at radius 2 is 2.11 bits per heavy atom. The lowest BCUT2D eigenvalue weighted by atomic mass is 10.0. The van der Waals surface area contributed by atoms with E-state index in [1.165, 1.54) is 6.92 Å². The minimum atomic E-state index is -1.32. The van der Waals surface area contributed by atoms with E-state index in [0.717, 1.165) is 6.07 Å². The van der Waals surface area contributed by atoms with Crippen molar-refractivity contribution in [1.29, 1.82) is 0 Å². The van der Waals surface area contributed by atoms with Crippen molar-refractivity contribution in [2.24, 2.45) is 0 Å². The van der Waals surface area contributed by atoms with Gasteiger partial charge in [0.1, 0.15) is 0 Å². The largest absolute Gasteiger partial charge is 0.388 e. The summed E-state index contributed by atoms with van der Waals surface area (Å²) >= 11 is 0. The van der Waals surface area contributed by atoms with E-state index in [4.69, 9.17) is 0 Å². The fourth-order valence-corrected chi connectivity index (χ4v) is 1.26. The smallest absolute Gasteiger partial charge is 0.295 e. The van der Waals surface area contributed by atoms with Crippen LogP contribution in [0, 0.1) is 21.7 Å². The number of nitrogens with one attached hydrogen (secondary N) is 1. The lowest BCUT2D eigenvalue weighted by molar-refractivity contribution is -0.384. The molecule has 0 saturated carbocycles. The van der Waals surface area contributed by atoms with Gasteiger partial charge in [-0.05, 0) is 19.4 Å². The van der Waals surface area contributed by atoms with E-state index in [1.54, 1.807) is 6.92 Å². The van der Waals surface area contributed by atoms with Gasteiger partial charge in [-0.15, -0.1) is 0 Å². The molecule has 2 N–H and O–H groups in total. The van der Waals surface area contributed by atoms with E-state index in [9.17, 15) is 24.0 Å². The number of hydrogen-bond acceptors (Lipinski definition) is 4. The zero-order valence-corrected chi connectivity index (χ0v) is 10.0. The van der Waals surface area contributed by atoms with Crippen LogP contribution in [-0.2, 0) is 0 Å². The predicted molar refractivity (Wildman–Crippen MR) is 62.4 cm³/mol. The Kier molecular flexibility index (Phi) is 4.18. The van der Waals surface area contributed by atoms with Crippen LogP contribution in [-0.4, -0.2) is 22.2 Å². The first-order valence-corrected chi connectivity index (χ1v) is 5.37. The molecule has 0 fully saturated rings. The fraction of sp³-hybridized carbons (Fsp3) is 0.455. The summed E-state index contributed by atoms with van der Waals surface area (Å²) in [6.07, 6.45) is 0.366. The molecule has 0 radical (unpaired) electrons. The molecule has 1 atom stereocenters. The van der Waals surface area contributed by atoms with Gasteiger partial charge < -0.3 is 10.4 Å². The van der Waals surface area contributed by atoms with Crippen molar-refractivity contribution in [3.05, 3.63) is 33.9 Å². The van der Waals surface area contributed by atoms with Gasteiger partial charge in [-0.1, -0.05) is 6.92 Å². The van der Waals surface area contributed by atoms with Crippen LogP contribution in [0.4, 0.5) is 20.2 Å². The van der Waals surface area contributed by atoms with E-state index in [1.807, 2.05) is 0 Å². The second-order valence-corrected chi connectivity index (χ2v) is 4.22. The zero-order chi connectivity index (χ0) is 13.9. The topological polar surface area (TPSA) is 75.4 Å². The molecular weight excluding hydrogens is 246 g/mol. The van der Waals surface area contributed by atoms with Crippen LogP contribution >= 0.6 is 0 Å². The zero-order valence-electron chi connectivity index (χ0n) is 10.0. The number of halogens is 2. The summed E-state index contributed by atoms with van der Waals surface area (Å²) < 4.78 is 26.5. The molecule has 0 aliphatic carbocycles. The maximum Gasteiger partial charge on any atom is 0.295 e. The fourth-order valence-electron chi connectivity index (χ4n) is 1.26. The van der Waals surface area contributed by atoms with E-state index in [2.05, 4.69) is 5.32 Å². The summed E-state index contributed by atoms with van der Waals surface area (Å²) in [5.41, 5.74) is -2.28. The highest BCUT2D eigenvalue weighted by molar-refractivity contribution is 5.62. The van der Waals surface area contributed by atoms with Gasteiger partial charge in [-0.2, -0.15) is 0 Å². The van der Waals surface area contributed by atoms with Crippen LogP contribution in [0.5, 0.6) is 0 Å². The quantitative estimate of drug-likeness (QED) is 0.629. The molecule has 1 aromatic rings. The van der Waals surface area contributed by atoms with Gasteiger partial charge in [0.05, 0.1) is 10.5 Å². The second kappa shape index (κ2) is 5.26. The molecule has 0 aromatic heterocycles. The first-order chi connectivity index (χ1) is 8.28. The summed E-state index contributed by atoms with van der Waals surface area (Å²) in [6.45, 7) is 3.08. The van der Waals surface area contributed by atoms with Crippen molar-refractivity contribution >= 4 is 11.4 Å². The van der Waals surface area contributed by atoms with Gasteiger partial charge in [0.15, 0.2) is 17.3 Å². The van der Waals surface area contributed by atoms with Crippen LogP contribution in [0.3, 0.4) is 0 Å². The van der Waals surface area contributed by atoms with E-state index in [0.29, 0.717) is 12.5 Å². The van der Waals surface area contributed by atoms with Gasteiger partial charge in [-0.3, -0.25) is 10.1 Å². The minimum absolute atomic E-state index is 0.120. The SMILES string of the molecule is CCC(C)(O)CNc1c([N+](=O)[O-])ccc(F)c1F. The lowest BCUT2D eigenvalue weighted by Gasteiger charge is -2.22. The molecule has 1 unspecified atom stereocenters. The van der Waals surface area contributed by atoms with Crippen molar-refractivity contribution in [3.63, 3.8) is 0 Å². The monoisotopic (exact) mass is 260 g/mol. The molecule has 0 amide bonds. The van der Waals surface area contributed by atoms with Crippen LogP contribution in [0.25, 0.3) is 0 Å². The Bertz CT molecular complexity index is 464. The van der Waals surface area contributed by atoms with Gasteiger partial charge in [-0.25, -0.2) is 8.78 Å². The third-order valence-electron chi connectivity index (χ3n) is 2.68. The van der Waals surface area contributed by atoms with Crippen LogP contribution in [0.2, 0.25) is 0 Å². The summed E-state index contributed by atoms with van der Waals surface area (Å²) in [5, 5.41) is 22.8. The van der Waals surface area contributed by atoms with E-state index in [-0.39, 0.29) is 6.54 Å². The number of anilines is 1. The van der Waals surface area contributed by atoms with Gasteiger partial charge in [0, 0.05) is 12.6 Å². The average molecular weight is 260 g/mol. The molecule has 5 nitrogen and oxygen atoms in total. The minimum Gasteiger partial charge on any atom is -0.388 e. The molecule has 0 aliphatic rings. The molecule has 7 heteroatoms. The maximum atomic E-state index is 13.5. The molecule has 0 aliphatic heterocycles. The molecule has 18 heavy (non-hydrogen) atoms. The molecule has 100 valence electrons. The van der Waals surface area contributed by atoms with Gasteiger partial charge in [0.25, 0.3) is 5.69 Å². The van der Waals surface area contributed by atoms with Crippen LogP contribution in [0.15, 0.2) is 12.1 Å². The van der Waals surface area contributed by atoms with Gasteiger partial charge >= 0.3 is 0 Å². The standard InChI is InChI=1S/C11H14F2N2O3/c1-3-11(2,16)6-14-10-8(15(17)18)5-4-7(12)9(10)13/h4-5,14,16H,3,6H2,1-2H3. The van der Waals surface area contributed by atoms with Crippen molar-refractivity contribution in [2.75, 3.05) is 11.9 Å². The Morgan fingerprint density at radius 1 is 1.50 bits per heavy atom. The molecule has 1 rings (SSSR count). The van der Waals surface area contributed by atoms with E-state index >= 15 is 0 Å². The third kappa shape index (κ3) is 3.13. The molecule has 0 saturated heterocycles. The number of benzene rings is 1. The van der Waals surface area contributed by atoms with Crippen LogP contribution < -0.4 is 5.32 Å². The normalized spacial score (nSPS) is 14.1. The number of hydrogen-bond donors (Lipinski definition) is 2. The Labute approximate surface area is 103 Å². The Hall–Kier alpha value is -1.76. The summed E-state index contributed by atoms with van der Waals surface area (Å²) in [7, 11) is 0. The maximum absolute atomic E-state index is 13.5. The van der Waals surface area contributed by atoms with Crippen LogP contribution in [0.1, 0.15) is 20.3 Å². The lowest BCUT2D eigenvalue weighted by Crippen LogP contribution is -2.32. The highest BCUT2D eigenvalue weighted by Gasteiger charge is 2.24. The Balaban J connectivity index is 3.06. The number of rotatable bonds is 5. The summed E-state index contributed by atoms with van der Waals surface area (Å²) in [6, 6.07) is 1.57. The molecule has 1 aromatic carbocycles. The number of nitrogens with zero attached hydrogens (tertiary/aromatic N) is 1. The summed E-state index contributed by atoms with van der Waals surface area (Å²) in [4.78, 5) is 9.88. The summed E-state index contributed by atoms with van der Waals surface area (Å²) in [5.74, 6) is -2.50. The third-order valence-corrected chi connectivity index (χ3v) is 2.68. The second-order valence-electron chi connectivity index (χ2n) is 4.22. The van der Waals surface area contributed by atoms with Crippen molar-refractivity contribution < 1.29 is 18.8 Å². The highest BCUT2D eigenvalue weighted by Crippen LogP contribution is 2.29. The Morgan fingerprint density at radius 3 is 2.61 bits per heavy atom. The first-order valence-electron chi connectivity index (χ1n) is 5.37. The molecule has 0 heterocycles. The number of nitro benzene ring substituents is 1. The predicted octanol–water partition coefficient (Wildman–Crippen LogP) is 2.45. The van der Waals surface area contributed by atoms with Crippen molar-refractivity contribution in [3.8, 4) is 0 Å². The molecular formula is C11H14F2N2O3. The van der Waals surface area contributed by atoms with Crippen molar-refractivity contribution in [1.82, 2.24) is 0 Å². The molecule has 0 spiro atoms. The van der Waals surface area contributed by atoms with E-state index < -0.39 is 33.5 Å². The highest BCUT2D eigenvalue weighted by atomic mass is 19.2. The number of nitro groups is 1. The van der Waals surface area contributed by atoms with Gasteiger partial charge in [0.2, 0.25) is 0 Å².